The van der Waals surface area contributed by atoms with Crippen molar-refractivity contribution in [3.05, 3.63) is 75.3 Å². The van der Waals surface area contributed by atoms with E-state index in [0.717, 1.165) is 0 Å². The highest BCUT2D eigenvalue weighted by Gasteiger charge is 2.34. The number of nitrogens with one attached hydrogen (secondary N) is 1. The monoisotopic (exact) mass is 412 g/mol. The number of nitrogens with zero attached hydrogens (tertiary/aromatic N) is 3. The number of hydrogen-bond donors (Lipinski definition) is 1. The Labute approximate surface area is 169 Å². The molecule has 0 aliphatic carbocycles. The van der Waals surface area contributed by atoms with Crippen LogP contribution < -0.4 is 5.32 Å². The number of imide groups is 1. The molecule has 1 aromatic heterocycles. The van der Waals surface area contributed by atoms with E-state index in [2.05, 4.69) is 15.5 Å². The summed E-state index contributed by atoms with van der Waals surface area (Å²) in [5.74, 6) is -0.997. The number of carbonyl (C=O) groups is 3. The van der Waals surface area contributed by atoms with Gasteiger partial charge in [-0.05, 0) is 24.3 Å². The maximum absolute atomic E-state index is 12.4. The normalized spacial score (nSPS) is 13.0. The highest BCUT2D eigenvalue weighted by atomic mass is 35.5. The minimum absolute atomic E-state index is 0.194. The van der Waals surface area contributed by atoms with Crippen molar-refractivity contribution >= 4 is 45.8 Å². The summed E-state index contributed by atoms with van der Waals surface area (Å²) >= 11 is 7.20. The summed E-state index contributed by atoms with van der Waals surface area (Å²) < 4.78 is 0. The van der Waals surface area contributed by atoms with Gasteiger partial charge in [0.05, 0.1) is 21.7 Å². The van der Waals surface area contributed by atoms with Gasteiger partial charge in [-0.2, -0.15) is 0 Å². The lowest BCUT2D eigenvalue weighted by Gasteiger charge is -2.12. The fourth-order valence-corrected chi connectivity index (χ4v) is 3.81. The Kier molecular flexibility index (Phi) is 4.89. The molecule has 0 spiro atoms. The van der Waals surface area contributed by atoms with E-state index in [0.29, 0.717) is 38.3 Å². The second kappa shape index (κ2) is 7.49. The molecule has 1 aliphatic heterocycles. The molecular weight excluding hydrogens is 400 g/mol. The summed E-state index contributed by atoms with van der Waals surface area (Å²) in [6.45, 7) is 0.194. The lowest BCUT2D eigenvalue weighted by molar-refractivity contribution is 0.0655. The maximum Gasteiger partial charge on any atom is 0.261 e. The molecule has 3 aromatic rings. The van der Waals surface area contributed by atoms with Crippen molar-refractivity contribution in [3.8, 4) is 0 Å². The topological polar surface area (TPSA) is 92.3 Å². The van der Waals surface area contributed by atoms with Crippen molar-refractivity contribution < 1.29 is 14.4 Å². The van der Waals surface area contributed by atoms with Crippen molar-refractivity contribution in [2.45, 2.75) is 6.42 Å². The third-order valence-corrected chi connectivity index (χ3v) is 5.46. The van der Waals surface area contributed by atoms with Crippen LogP contribution >= 0.6 is 22.9 Å². The lowest BCUT2D eigenvalue weighted by Crippen LogP contribution is -2.31. The Balaban J connectivity index is 1.40. The average Bonchev–Trinajstić information content (AvgIpc) is 3.24. The summed E-state index contributed by atoms with van der Waals surface area (Å²) in [5, 5.41) is 11.9. The van der Waals surface area contributed by atoms with Gasteiger partial charge < -0.3 is 0 Å². The zero-order valence-corrected chi connectivity index (χ0v) is 16.0. The van der Waals surface area contributed by atoms with Gasteiger partial charge in [-0.3, -0.25) is 24.6 Å². The predicted octanol–water partition coefficient (Wildman–Crippen LogP) is 3.28. The minimum Gasteiger partial charge on any atom is -0.296 e. The Morgan fingerprint density at radius 2 is 1.64 bits per heavy atom. The number of carbonyl (C=O) groups excluding carboxylic acids is 3. The van der Waals surface area contributed by atoms with Gasteiger partial charge in [0.15, 0.2) is 0 Å². The highest BCUT2D eigenvalue weighted by molar-refractivity contribution is 7.15. The van der Waals surface area contributed by atoms with Crippen LogP contribution in [0.2, 0.25) is 5.02 Å². The number of fused-ring (bicyclic) bond motifs is 1. The van der Waals surface area contributed by atoms with Gasteiger partial charge in [0.2, 0.25) is 5.13 Å². The predicted molar refractivity (Wildman–Crippen MR) is 105 cm³/mol. The molecule has 0 unspecified atom stereocenters. The zero-order chi connectivity index (χ0) is 19.7. The van der Waals surface area contributed by atoms with Crippen LogP contribution in [0.4, 0.5) is 5.13 Å². The number of benzene rings is 2. The van der Waals surface area contributed by atoms with Gasteiger partial charge in [-0.15, -0.1) is 10.2 Å². The Hall–Kier alpha value is -3.10. The first-order valence-electron chi connectivity index (χ1n) is 8.38. The van der Waals surface area contributed by atoms with E-state index in [1.54, 1.807) is 48.5 Å². The molecule has 9 heteroatoms. The summed E-state index contributed by atoms with van der Waals surface area (Å²) in [6, 6.07) is 13.4. The number of halogens is 1. The van der Waals surface area contributed by atoms with E-state index in [1.165, 1.54) is 16.2 Å². The fourth-order valence-electron chi connectivity index (χ4n) is 2.86. The van der Waals surface area contributed by atoms with Crippen molar-refractivity contribution in [3.63, 3.8) is 0 Å². The standard InChI is InChI=1S/C19H13ClN4O3S/c20-14-8-4-3-7-13(14)16(25)21-19-23-22-15(28-19)9-10-24-17(26)11-5-1-2-6-12(11)18(24)27/h1-8H,9-10H2,(H,21,23,25). The molecule has 28 heavy (non-hydrogen) atoms. The Bertz CT molecular complexity index is 1060. The average molecular weight is 413 g/mol. The molecule has 0 bridgehead atoms. The quantitative estimate of drug-likeness (QED) is 0.649. The van der Waals surface area contributed by atoms with Gasteiger partial charge in [-0.25, -0.2) is 0 Å². The van der Waals surface area contributed by atoms with E-state index in [9.17, 15) is 14.4 Å². The number of hydrogen-bond acceptors (Lipinski definition) is 6. The fraction of sp³-hybridized carbons (Fsp3) is 0.105. The molecule has 140 valence electrons. The van der Waals surface area contributed by atoms with Crippen LogP contribution in [0, 0.1) is 0 Å². The van der Waals surface area contributed by atoms with E-state index >= 15 is 0 Å². The van der Waals surface area contributed by atoms with Crippen molar-refractivity contribution in [1.82, 2.24) is 15.1 Å². The summed E-state index contributed by atoms with van der Waals surface area (Å²) in [7, 11) is 0. The van der Waals surface area contributed by atoms with Gasteiger partial charge in [0.1, 0.15) is 5.01 Å². The second-order valence-corrected chi connectivity index (χ2v) is 7.46. The first-order chi connectivity index (χ1) is 13.5. The van der Waals surface area contributed by atoms with Gasteiger partial charge in [0.25, 0.3) is 17.7 Å². The number of anilines is 1. The van der Waals surface area contributed by atoms with Gasteiger partial charge in [-0.1, -0.05) is 47.2 Å². The van der Waals surface area contributed by atoms with Crippen LogP contribution in [0.25, 0.3) is 0 Å². The van der Waals surface area contributed by atoms with Crippen LogP contribution in [-0.2, 0) is 6.42 Å². The van der Waals surface area contributed by atoms with E-state index in [1.807, 2.05) is 0 Å². The molecule has 2 heterocycles. The van der Waals surface area contributed by atoms with Crippen molar-refractivity contribution in [1.29, 1.82) is 0 Å². The van der Waals surface area contributed by atoms with E-state index in [4.69, 9.17) is 11.6 Å². The van der Waals surface area contributed by atoms with Crippen molar-refractivity contribution in [2.24, 2.45) is 0 Å². The van der Waals surface area contributed by atoms with Crippen LogP contribution in [0.5, 0.6) is 0 Å². The Morgan fingerprint density at radius 3 is 2.32 bits per heavy atom. The van der Waals surface area contributed by atoms with Crippen LogP contribution in [0.15, 0.2) is 48.5 Å². The lowest BCUT2D eigenvalue weighted by atomic mass is 10.1. The number of amides is 3. The molecule has 0 radical (unpaired) electrons. The molecule has 0 fully saturated rings. The molecule has 3 amide bonds. The van der Waals surface area contributed by atoms with Crippen LogP contribution in [0.3, 0.4) is 0 Å². The molecule has 1 aliphatic rings. The van der Waals surface area contributed by atoms with Gasteiger partial charge in [0, 0.05) is 13.0 Å². The molecule has 0 atom stereocenters. The van der Waals surface area contributed by atoms with Crippen LogP contribution in [0.1, 0.15) is 36.1 Å². The summed E-state index contributed by atoms with van der Waals surface area (Å²) in [4.78, 5) is 38.2. The molecular formula is C19H13ClN4O3S. The van der Waals surface area contributed by atoms with E-state index < -0.39 is 0 Å². The summed E-state index contributed by atoms with van der Waals surface area (Å²) in [6.07, 6.45) is 0.352. The largest absolute Gasteiger partial charge is 0.296 e. The van der Waals surface area contributed by atoms with Crippen LogP contribution in [-0.4, -0.2) is 39.4 Å². The molecule has 0 saturated heterocycles. The molecule has 0 saturated carbocycles. The zero-order valence-electron chi connectivity index (χ0n) is 14.4. The molecule has 4 rings (SSSR count). The third-order valence-electron chi connectivity index (χ3n) is 4.23. The molecule has 2 aromatic carbocycles. The first kappa shape index (κ1) is 18.3. The molecule has 1 N–H and O–H groups in total. The number of aromatic nitrogens is 2. The molecule has 7 nitrogen and oxygen atoms in total. The van der Waals surface area contributed by atoms with Gasteiger partial charge >= 0.3 is 0 Å². The van der Waals surface area contributed by atoms with E-state index in [-0.39, 0.29) is 24.3 Å². The highest BCUT2D eigenvalue weighted by Crippen LogP contribution is 2.24. The summed E-state index contributed by atoms with van der Waals surface area (Å²) in [5.41, 5.74) is 1.17. The smallest absolute Gasteiger partial charge is 0.261 e. The minimum atomic E-state index is -0.381. The maximum atomic E-state index is 12.4. The van der Waals surface area contributed by atoms with Crippen molar-refractivity contribution in [2.75, 3.05) is 11.9 Å². The second-order valence-electron chi connectivity index (χ2n) is 5.99. The first-order valence-corrected chi connectivity index (χ1v) is 9.57. The third kappa shape index (κ3) is 3.39. The number of rotatable bonds is 5. The SMILES string of the molecule is O=C(Nc1nnc(CCN2C(=O)c3ccccc3C2=O)s1)c1ccccc1Cl. The Morgan fingerprint density at radius 1 is 1.00 bits per heavy atom.